The summed E-state index contributed by atoms with van der Waals surface area (Å²) < 4.78 is 28.5. The predicted molar refractivity (Wildman–Crippen MR) is 62.7 cm³/mol. The van der Waals surface area contributed by atoms with Gasteiger partial charge in [0.05, 0.1) is 0 Å². The second-order valence-corrected chi connectivity index (χ2v) is 4.17. The zero-order valence-corrected chi connectivity index (χ0v) is 9.98. The molecule has 0 aliphatic rings. The lowest BCUT2D eigenvalue weighted by molar-refractivity contribution is 0.526. The van der Waals surface area contributed by atoms with Gasteiger partial charge in [0.1, 0.15) is 23.8 Å². The number of aryl methyl sites for hydroxylation is 1. The minimum Gasteiger partial charge on any atom is -0.327 e. The Bertz CT molecular complexity index is 518. The highest BCUT2D eigenvalue weighted by Gasteiger charge is 2.14. The molecule has 6 heteroatoms. The van der Waals surface area contributed by atoms with Crippen LogP contribution in [0.3, 0.4) is 0 Å². The summed E-state index contributed by atoms with van der Waals surface area (Å²) in [5.41, 5.74) is 5.91. The molecule has 1 atom stereocenters. The molecule has 0 bridgehead atoms. The van der Waals surface area contributed by atoms with Crippen molar-refractivity contribution in [2.75, 3.05) is 0 Å². The van der Waals surface area contributed by atoms with Gasteiger partial charge in [0.2, 0.25) is 0 Å². The number of nitrogens with zero attached hydrogens (tertiary/aromatic N) is 3. The van der Waals surface area contributed by atoms with Gasteiger partial charge in [-0.15, -0.1) is 0 Å². The molecule has 0 amide bonds. The van der Waals surface area contributed by atoms with E-state index in [1.54, 1.807) is 11.7 Å². The molecule has 2 rings (SSSR count). The van der Waals surface area contributed by atoms with Gasteiger partial charge in [-0.2, -0.15) is 5.10 Å². The van der Waals surface area contributed by atoms with Gasteiger partial charge in [-0.3, -0.25) is 4.68 Å². The van der Waals surface area contributed by atoms with Crippen LogP contribution in [-0.2, 0) is 19.9 Å². The van der Waals surface area contributed by atoms with Crippen LogP contribution in [0.4, 0.5) is 8.78 Å². The molecule has 4 nitrogen and oxygen atoms in total. The highest BCUT2D eigenvalue weighted by molar-refractivity contribution is 5.20. The van der Waals surface area contributed by atoms with Crippen LogP contribution < -0.4 is 5.73 Å². The van der Waals surface area contributed by atoms with Gasteiger partial charge in [-0.1, -0.05) is 6.07 Å². The van der Waals surface area contributed by atoms with Crippen LogP contribution in [-0.4, -0.2) is 20.8 Å². The minimum absolute atomic E-state index is 0.0205. The largest absolute Gasteiger partial charge is 0.327 e. The summed E-state index contributed by atoms with van der Waals surface area (Å²) in [6.07, 6.45) is 1.97. The van der Waals surface area contributed by atoms with Gasteiger partial charge >= 0.3 is 0 Å². The second kappa shape index (κ2) is 5.22. The van der Waals surface area contributed by atoms with Crippen LogP contribution in [0.25, 0.3) is 0 Å². The molecule has 0 aliphatic heterocycles. The first-order valence-electron chi connectivity index (χ1n) is 5.59. The minimum atomic E-state index is -0.566. The van der Waals surface area contributed by atoms with E-state index in [4.69, 9.17) is 5.73 Å². The van der Waals surface area contributed by atoms with Crippen LogP contribution in [0.15, 0.2) is 24.5 Å². The second-order valence-electron chi connectivity index (χ2n) is 4.17. The molecular weight excluding hydrogens is 238 g/mol. The molecule has 0 aliphatic carbocycles. The number of rotatable bonds is 4. The monoisotopic (exact) mass is 252 g/mol. The molecule has 0 fully saturated rings. The van der Waals surface area contributed by atoms with Gasteiger partial charge in [0.15, 0.2) is 0 Å². The maximum Gasteiger partial charge on any atom is 0.138 e. The zero-order chi connectivity index (χ0) is 13.1. The fourth-order valence-electron chi connectivity index (χ4n) is 1.80. The van der Waals surface area contributed by atoms with Crippen LogP contribution in [0.5, 0.6) is 0 Å². The molecule has 2 N–H and O–H groups in total. The van der Waals surface area contributed by atoms with E-state index in [0.29, 0.717) is 12.2 Å². The van der Waals surface area contributed by atoms with Crippen molar-refractivity contribution in [3.05, 3.63) is 47.5 Å². The van der Waals surface area contributed by atoms with Gasteiger partial charge in [-0.25, -0.2) is 13.8 Å². The molecule has 0 radical (unpaired) electrons. The number of aromatic nitrogens is 3. The van der Waals surface area contributed by atoms with E-state index in [2.05, 4.69) is 10.1 Å². The van der Waals surface area contributed by atoms with Crippen molar-refractivity contribution >= 4 is 0 Å². The fraction of sp³-hybridized carbons (Fsp3) is 0.333. The van der Waals surface area contributed by atoms with E-state index in [9.17, 15) is 8.78 Å². The molecule has 2 aromatic rings. The Kier molecular flexibility index (Phi) is 3.66. The van der Waals surface area contributed by atoms with Gasteiger partial charge in [0, 0.05) is 25.1 Å². The van der Waals surface area contributed by atoms with Gasteiger partial charge in [0.25, 0.3) is 0 Å². The van der Waals surface area contributed by atoms with Crippen molar-refractivity contribution in [1.82, 2.24) is 14.8 Å². The lowest BCUT2D eigenvalue weighted by atomic mass is 10.0. The summed E-state index contributed by atoms with van der Waals surface area (Å²) >= 11 is 0. The Hall–Kier alpha value is -1.82. The lowest BCUT2D eigenvalue weighted by Gasteiger charge is -2.12. The maximum atomic E-state index is 13.4. The smallest absolute Gasteiger partial charge is 0.138 e. The number of hydrogen-bond donors (Lipinski definition) is 1. The van der Waals surface area contributed by atoms with E-state index in [1.807, 2.05) is 0 Å². The highest BCUT2D eigenvalue weighted by Crippen LogP contribution is 2.14. The quantitative estimate of drug-likeness (QED) is 0.889. The summed E-state index contributed by atoms with van der Waals surface area (Å²) in [7, 11) is 1.75. The van der Waals surface area contributed by atoms with E-state index >= 15 is 0 Å². The average Bonchev–Trinajstić information content (AvgIpc) is 2.70. The molecule has 1 aromatic carbocycles. The molecule has 96 valence electrons. The third-order valence-electron chi connectivity index (χ3n) is 2.78. The van der Waals surface area contributed by atoms with Crippen molar-refractivity contribution in [2.45, 2.75) is 18.9 Å². The Balaban J connectivity index is 2.08. The van der Waals surface area contributed by atoms with Crippen molar-refractivity contribution in [1.29, 1.82) is 0 Å². The number of hydrogen-bond acceptors (Lipinski definition) is 3. The van der Waals surface area contributed by atoms with Crippen LogP contribution >= 0.6 is 0 Å². The molecular formula is C12H14F2N4. The first-order valence-corrected chi connectivity index (χ1v) is 5.59. The molecule has 0 spiro atoms. The van der Waals surface area contributed by atoms with Crippen LogP contribution in [0.2, 0.25) is 0 Å². The first kappa shape index (κ1) is 12.6. The number of halogens is 2. The van der Waals surface area contributed by atoms with Gasteiger partial charge in [-0.05, 0) is 18.6 Å². The summed E-state index contributed by atoms with van der Waals surface area (Å²) in [5.74, 6) is -0.439. The van der Waals surface area contributed by atoms with E-state index in [-0.39, 0.29) is 12.0 Å². The Morgan fingerprint density at radius 3 is 2.50 bits per heavy atom. The van der Waals surface area contributed by atoms with Crippen LogP contribution in [0.1, 0.15) is 11.4 Å². The van der Waals surface area contributed by atoms with Crippen molar-refractivity contribution in [3.8, 4) is 0 Å². The molecule has 18 heavy (non-hydrogen) atoms. The zero-order valence-electron chi connectivity index (χ0n) is 9.98. The Labute approximate surface area is 103 Å². The third kappa shape index (κ3) is 2.70. The fourth-order valence-corrected chi connectivity index (χ4v) is 1.80. The summed E-state index contributed by atoms with van der Waals surface area (Å²) in [6.45, 7) is 0. The molecule has 0 saturated carbocycles. The summed E-state index contributed by atoms with van der Waals surface area (Å²) in [6, 6.07) is 3.39. The SMILES string of the molecule is Cn1ncnc1CC(N)Cc1c(F)cccc1F. The number of benzene rings is 1. The lowest BCUT2D eigenvalue weighted by Crippen LogP contribution is -2.28. The van der Waals surface area contributed by atoms with Crippen molar-refractivity contribution in [3.63, 3.8) is 0 Å². The molecule has 1 heterocycles. The third-order valence-corrected chi connectivity index (χ3v) is 2.78. The van der Waals surface area contributed by atoms with E-state index in [1.165, 1.54) is 24.5 Å². The standard InChI is InChI=1S/C12H14F2N4/c1-18-12(16-7-17-18)6-8(15)5-9-10(13)3-2-4-11(9)14/h2-4,7-8H,5-6,15H2,1H3. The molecule has 0 saturated heterocycles. The topological polar surface area (TPSA) is 56.7 Å². The Morgan fingerprint density at radius 2 is 1.94 bits per heavy atom. The van der Waals surface area contributed by atoms with Crippen LogP contribution in [0, 0.1) is 11.6 Å². The van der Waals surface area contributed by atoms with Gasteiger partial charge < -0.3 is 5.73 Å². The summed E-state index contributed by atoms with van der Waals surface area (Å²) in [4.78, 5) is 4.03. The van der Waals surface area contributed by atoms with Crippen molar-refractivity contribution in [2.24, 2.45) is 12.8 Å². The van der Waals surface area contributed by atoms with E-state index < -0.39 is 17.7 Å². The molecule has 1 aromatic heterocycles. The van der Waals surface area contributed by atoms with Crippen molar-refractivity contribution < 1.29 is 8.78 Å². The first-order chi connectivity index (χ1) is 8.58. The Morgan fingerprint density at radius 1 is 1.28 bits per heavy atom. The highest BCUT2D eigenvalue weighted by atomic mass is 19.1. The normalized spacial score (nSPS) is 12.7. The number of nitrogens with two attached hydrogens (primary N) is 1. The van der Waals surface area contributed by atoms with E-state index in [0.717, 1.165) is 0 Å². The predicted octanol–water partition coefficient (Wildman–Crippen LogP) is 1.21. The maximum absolute atomic E-state index is 13.4. The average molecular weight is 252 g/mol. The summed E-state index contributed by atoms with van der Waals surface area (Å²) in [5, 5.41) is 3.91. The molecule has 1 unspecified atom stereocenters.